The molecular formula is C28H34N2O5. The standard InChI is InChI=1S/C28H34N2O5/c1-3-4-6-11-26(31)30-18-22-16-23(13-12-21(22)17-25(30)28(32)33)34-15-14-24-19(2)35-27(29-24)20-9-7-5-8-10-20/h3-4,6,11-13,16,20,25H,5,7-10,14-15,17-18H2,1-2H3,(H,32,33)/b4-3+,11-6+/t25-/m0/s1. The largest absolute Gasteiger partial charge is 0.493 e. The van der Waals surface area contributed by atoms with Crippen molar-refractivity contribution in [3.05, 3.63) is 71.0 Å². The number of fused-ring (bicyclic) bond motifs is 1. The van der Waals surface area contributed by atoms with Crippen LogP contribution in [-0.2, 0) is 29.0 Å². The van der Waals surface area contributed by atoms with Gasteiger partial charge < -0.3 is 19.2 Å². The molecule has 7 heteroatoms. The maximum absolute atomic E-state index is 12.7. The van der Waals surface area contributed by atoms with E-state index in [-0.39, 0.29) is 18.9 Å². The van der Waals surface area contributed by atoms with Crippen molar-refractivity contribution in [2.75, 3.05) is 6.61 Å². The van der Waals surface area contributed by atoms with Crippen molar-refractivity contribution in [3.63, 3.8) is 0 Å². The van der Waals surface area contributed by atoms with Crippen molar-refractivity contribution in [3.8, 4) is 5.75 Å². The zero-order valence-corrected chi connectivity index (χ0v) is 20.5. The van der Waals surface area contributed by atoms with Crippen LogP contribution in [0, 0.1) is 6.92 Å². The number of aliphatic carboxylic acids is 1. The fraction of sp³-hybridized carbons (Fsp3) is 0.464. The fourth-order valence-corrected chi connectivity index (χ4v) is 4.92. The summed E-state index contributed by atoms with van der Waals surface area (Å²) in [5, 5.41) is 9.67. The summed E-state index contributed by atoms with van der Waals surface area (Å²) in [5.74, 6) is 1.54. The summed E-state index contributed by atoms with van der Waals surface area (Å²) in [6.07, 6.45) is 13.6. The molecule has 0 unspecified atom stereocenters. The predicted octanol–water partition coefficient (Wildman–Crippen LogP) is 5.12. The molecule has 1 aromatic heterocycles. The number of aromatic nitrogens is 1. The second kappa shape index (κ2) is 11.4. The molecule has 1 aliphatic carbocycles. The SMILES string of the molecule is C/C=C/C=C/C(=O)N1Cc2cc(OCCc3nc(C4CCCCC4)oc3C)ccc2C[C@H]1C(=O)O. The van der Waals surface area contributed by atoms with E-state index in [1.807, 2.05) is 38.1 Å². The van der Waals surface area contributed by atoms with E-state index in [2.05, 4.69) is 0 Å². The number of carboxylic acid groups (broad SMARTS) is 1. The first kappa shape index (κ1) is 24.8. The third-order valence-electron chi connectivity index (χ3n) is 6.89. The summed E-state index contributed by atoms with van der Waals surface area (Å²) in [7, 11) is 0. The van der Waals surface area contributed by atoms with Gasteiger partial charge in [-0.2, -0.15) is 0 Å². The minimum atomic E-state index is -1.00. The molecule has 1 amide bonds. The molecular weight excluding hydrogens is 444 g/mol. The lowest BCUT2D eigenvalue weighted by atomic mass is 9.89. The number of ether oxygens (including phenoxy) is 1. The Balaban J connectivity index is 1.40. The molecule has 2 aromatic rings. The number of rotatable bonds is 8. The number of oxazole rings is 1. The summed E-state index contributed by atoms with van der Waals surface area (Å²) in [6.45, 7) is 4.51. The smallest absolute Gasteiger partial charge is 0.326 e. The van der Waals surface area contributed by atoms with E-state index in [0.29, 0.717) is 24.7 Å². The normalized spacial score (nSPS) is 18.8. The predicted molar refractivity (Wildman–Crippen MR) is 132 cm³/mol. The maximum atomic E-state index is 12.7. The molecule has 1 N–H and O–H groups in total. The lowest BCUT2D eigenvalue weighted by Crippen LogP contribution is -2.48. The Hall–Kier alpha value is -3.35. The van der Waals surface area contributed by atoms with Gasteiger partial charge in [0, 0.05) is 31.4 Å². The van der Waals surface area contributed by atoms with Gasteiger partial charge in [0.25, 0.3) is 0 Å². The third-order valence-corrected chi connectivity index (χ3v) is 6.89. The second-order valence-corrected chi connectivity index (χ2v) is 9.33. The van der Waals surface area contributed by atoms with Crippen molar-refractivity contribution >= 4 is 11.9 Å². The highest BCUT2D eigenvalue weighted by Crippen LogP contribution is 2.33. The Bertz CT molecular complexity index is 1110. The zero-order valence-electron chi connectivity index (χ0n) is 20.5. The maximum Gasteiger partial charge on any atom is 0.326 e. The van der Waals surface area contributed by atoms with E-state index in [4.69, 9.17) is 14.1 Å². The van der Waals surface area contributed by atoms with Crippen LogP contribution in [0.25, 0.3) is 0 Å². The molecule has 2 aliphatic rings. The van der Waals surface area contributed by atoms with Crippen molar-refractivity contribution in [2.24, 2.45) is 0 Å². The van der Waals surface area contributed by atoms with Crippen LogP contribution in [0.4, 0.5) is 0 Å². The van der Waals surface area contributed by atoms with Gasteiger partial charge in [-0.1, -0.05) is 43.6 Å². The van der Waals surface area contributed by atoms with Crippen LogP contribution in [0.2, 0.25) is 0 Å². The van der Waals surface area contributed by atoms with Gasteiger partial charge >= 0.3 is 5.97 Å². The van der Waals surface area contributed by atoms with Crippen LogP contribution >= 0.6 is 0 Å². The topological polar surface area (TPSA) is 92.9 Å². The molecule has 1 saturated carbocycles. The fourth-order valence-electron chi connectivity index (χ4n) is 4.92. The van der Waals surface area contributed by atoms with E-state index in [1.54, 1.807) is 12.2 Å². The second-order valence-electron chi connectivity index (χ2n) is 9.33. The van der Waals surface area contributed by atoms with Gasteiger partial charge in [0.2, 0.25) is 5.91 Å². The summed E-state index contributed by atoms with van der Waals surface area (Å²) in [5.41, 5.74) is 2.78. The summed E-state index contributed by atoms with van der Waals surface area (Å²) < 4.78 is 12.0. The summed E-state index contributed by atoms with van der Waals surface area (Å²) in [6, 6.07) is 4.79. The molecule has 1 aromatic carbocycles. The van der Waals surface area contributed by atoms with E-state index >= 15 is 0 Å². The van der Waals surface area contributed by atoms with Gasteiger partial charge in [-0.3, -0.25) is 4.79 Å². The average molecular weight is 479 g/mol. The molecule has 4 rings (SSSR count). The van der Waals surface area contributed by atoms with Gasteiger partial charge in [-0.05, 0) is 49.9 Å². The number of amides is 1. The highest BCUT2D eigenvalue weighted by molar-refractivity contribution is 5.92. The molecule has 186 valence electrons. The molecule has 35 heavy (non-hydrogen) atoms. The van der Waals surface area contributed by atoms with Gasteiger partial charge in [-0.15, -0.1) is 0 Å². The highest BCUT2D eigenvalue weighted by atomic mass is 16.5. The molecule has 7 nitrogen and oxygen atoms in total. The van der Waals surface area contributed by atoms with Crippen LogP contribution in [0.5, 0.6) is 5.75 Å². The first-order valence-corrected chi connectivity index (χ1v) is 12.5. The molecule has 2 heterocycles. The summed E-state index contributed by atoms with van der Waals surface area (Å²) >= 11 is 0. The first-order chi connectivity index (χ1) is 17.0. The van der Waals surface area contributed by atoms with Gasteiger partial charge in [0.15, 0.2) is 5.89 Å². The Morgan fingerprint density at radius 2 is 2.00 bits per heavy atom. The molecule has 0 radical (unpaired) electrons. The summed E-state index contributed by atoms with van der Waals surface area (Å²) in [4.78, 5) is 30.6. The molecule has 1 atom stereocenters. The first-order valence-electron chi connectivity index (χ1n) is 12.5. The highest BCUT2D eigenvalue weighted by Gasteiger charge is 2.34. The van der Waals surface area contributed by atoms with E-state index in [9.17, 15) is 14.7 Å². The van der Waals surface area contributed by atoms with Crippen molar-refractivity contribution in [1.29, 1.82) is 0 Å². The van der Waals surface area contributed by atoms with E-state index in [0.717, 1.165) is 41.3 Å². The number of benzene rings is 1. The van der Waals surface area contributed by atoms with Crippen molar-refractivity contribution in [1.82, 2.24) is 9.88 Å². The van der Waals surface area contributed by atoms with Crippen molar-refractivity contribution in [2.45, 2.75) is 77.3 Å². The Labute approximate surface area is 206 Å². The lowest BCUT2D eigenvalue weighted by Gasteiger charge is -2.34. The minimum absolute atomic E-state index is 0.232. The number of carbonyl (C=O) groups is 2. The molecule has 0 saturated heterocycles. The number of hydrogen-bond acceptors (Lipinski definition) is 5. The minimum Gasteiger partial charge on any atom is -0.493 e. The van der Waals surface area contributed by atoms with E-state index < -0.39 is 12.0 Å². The van der Waals surface area contributed by atoms with Crippen LogP contribution < -0.4 is 4.74 Å². The van der Waals surface area contributed by atoms with E-state index in [1.165, 1.54) is 30.2 Å². The Kier molecular flexibility index (Phi) is 8.06. The number of carbonyl (C=O) groups excluding carboxylic acids is 1. The third kappa shape index (κ3) is 6.02. The van der Waals surface area contributed by atoms with Gasteiger partial charge in [-0.25, -0.2) is 9.78 Å². The molecule has 1 aliphatic heterocycles. The van der Waals surface area contributed by atoms with Crippen LogP contribution in [-0.4, -0.2) is 39.5 Å². The molecule has 0 spiro atoms. The van der Waals surface area contributed by atoms with Crippen molar-refractivity contribution < 1.29 is 23.8 Å². The van der Waals surface area contributed by atoms with Gasteiger partial charge in [0.05, 0.1) is 12.3 Å². The number of carboxylic acids is 1. The average Bonchev–Trinajstić information content (AvgIpc) is 3.24. The quantitative estimate of drug-likeness (QED) is 0.418. The Morgan fingerprint density at radius 3 is 2.74 bits per heavy atom. The monoisotopic (exact) mass is 478 g/mol. The number of allylic oxidation sites excluding steroid dienone is 3. The Morgan fingerprint density at radius 1 is 1.20 bits per heavy atom. The number of nitrogens with zero attached hydrogens (tertiary/aromatic N) is 2. The number of aryl methyl sites for hydroxylation is 1. The zero-order chi connectivity index (χ0) is 24.8. The number of hydrogen-bond donors (Lipinski definition) is 1. The molecule has 1 fully saturated rings. The van der Waals surface area contributed by atoms with Crippen LogP contribution in [0.1, 0.15) is 73.4 Å². The molecule has 0 bridgehead atoms. The lowest BCUT2D eigenvalue weighted by molar-refractivity contribution is -0.149. The van der Waals surface area contributed by atoms with Gasteiger partial charge in [0.1, 0.15) is 17.6 Å². The van der Waals surface area contributed by atoms with Crippen LogP contribution in [0.15, 0.2) is 46.9 Å². The van der Waals surface area contributed by atoms with Crippen LogP contribution in [0.3, 0.4) is 0 Å².